The smallest absolute Gasteiger partial charge is 0.246 e. The van der Waals surface area contributed by atoms with E-state index in [1.165, 1.54) is 4.68 Å². The third kappa shape index (κ3) is 2.39. The molecule has 0 aliphatic carbocycles. The third-order valence-electron chi connectivity index (χ3n) is 3.42. The summed E-state index contributed by atoms with van der Waals surface area (Å²) in [5, 5.41) is 6.48. The van der Waals surface area contributed by atoms with Crippen molar-refractivity contribution in [1.82, 2.24) is 14.3 Å². The fourth-order valence-corrected chi connectivity index (χ4v) is 4.07. The molecule has 114 valence electrons. The van der Waals surface area contributed by atoms with E-state index in [0.29, 0.717) is 11.4 Å². The zero-order chi connectivity index (χ0) is 15.8. The number of aromatic nitrogens is 3. The van der Waals surface area contributed by atoms with Crippen molar-refractivity contribution < 1.29 is 0 Å². The first-order valence-electron chi connectivity index (χ1n) is 6.86. The molecule has 1 aromatic carbocycles. The van der Waals surface area contributed by atoms with E-state index in [2.05, 4.69) is 5.10 Å². The van der Waals surface area contributed by atoms with Crippen LogP contribution in [0.1, 0.15) is 0 Å². The first-order chi connectivity index (χ1) is 11.2. The Hall–Kier alpha value is -2.64. The first kappa shape index (κ1) is 14.0. The van der Waals surface area contributed by atoms with Gasteiger partial charge in [-0.3, -0.25) is 0 Å². The Kier molecular flexibility index (Phi) is 3.36. The lowest BCUT2D eigenvalue weighted by Crippen LogP contribution is -2.26. The number of para-hydroxylation sites is 1. The van der Waals surface area contributed by atoms with Gasteiger partial charge in [-0.05, 0) is 29.6 Å². The summed E-state index contributed by atoms with van der Waals surface area (Å²) in [6.07, 6.45) is 0. The number of rotatable bonds is 3. The summed E-state index contributed by atoms with van der Waals surface area (Å²) in [4.78, 5) is 27.0. The maximum absolute atomic E-state index is 12.6. The molecule has 0 saturated heterocycles. The van der Waals surface area contributed by atoms with Crippen molar-refractivity contribution in [3.8, 4) is 21.1 Å². The summed E-state index contributed by atoms with van der Waals surface area (Å²) in [5.41, 5.74) is 0.350. The van der Waals surface area contributed by atoms with E-state index >= 15 is 0 Å². The molecule has 0 spiro atoms. The standard InChI is InChI=1S/C16H11N3O2S2/c20-15-17-19(16(21)18(15)11-5-2-1-3-6-11)12-9-14(23-10-12)13-7-4-8-22-13/h1-10H,(H,17,20). The average molecular weight is 341 g/mol. The van der Waals surface area contributed by atoms with Crippen LogP contribution in [-0.4, -0.2) is 14.3 Å². The van der Waals surface area contributed by atoms with Crippen LogP contribution in [0.15, 0.2) is 68.9 Å². The molecule has 0 bridgehead atoms. The highest BCUT2D eigenvalue weighted by Gasteiger charge is 2.14. The summed E-state index contributed by atoms with van der Waals surface area (Å²) in [5.74, 6) is 0. The minimum Gasteiger partial charge on any atom is -0.246 e. The minimum atomic E-state index is -0.454. The number of hydrogen-bond donors (Lipinski definition) is 1. The topological polar surface area (TPSA) is 59.8 Å². The number of aromatic amines is 1. The number of hydrogen-bond acceptors (Lipinski definition) is 4. The van der Waals surface area contributed by atoms with Gasteiger partial charge in [0.25, 0.3) is 0 Å². The van der Waals surface area contributed by atoms with Crippen LogP contribution in [0.3, 0.4) is 0 Å². The van der Waals surface area contributed by atoms with E-state index in [4.69, 9.17) is 0 Å². The molecule has 4 rings (SSSR count). The Morgan fingerprint density at radius 3 is 2.43 bits per heavy atom. The van der Waals surface area contributed by atoms with Gasteiger partial charge in [0.15, 0.2) is 0 Å². The van der Waals surface area contributed by atoms with Gasteiger partial charge < -0.3 is 0 Å². The van der Waals surface area contributed by atoms with E-state index in [1.807, 2.05) is 35.0 Å². The largest absolute Gasteiger partial charge is 0.356 e. The predicted octanol–water partition coefficient (Wildman–Crippen LogP) is 3.11. The summed E-state index contributed by atoms with van der Waals surface area (Å²) >= 11 is 3.18. The van der Waals surface area contributed by atoms with Crippen molar-refractivity contribution in [2.75, 3.05) is 0 Å². The molecule has 4 aromatic rings. The summed E-state index contributed by atoms with van der Waals surface area (Å²) in [6.45, 7) is 0. The van der Waals surface area contributed by atoms with Crippen LogP contribution in [-0.2, 0) is 0 Å². The molecule has 3 heterocycles. The lowest BCUT2D eigenvalue weighted by Gasteiger charge is -1.98. The van der Waals surface area contributed by atoms with Gasteiger partial charge in [-0.15, -0.1) is 22.7 Å². The van der Waals surface area contributed by atoms with E-state index in [-0.39, 0.29) is 0 Å². The van der Waals surface area contributed by atoms with Crippen LogP contribution in [0.2, 0.25) is 0 Å². The lowest BCUT2D eigenvalue weighted by molar-refractivity contribution is 0.830. The molecule has 0 amide bonds. The summed E-state index contributed by atoms with van der Waals surface area (Å²) in [7, 11) is 0. The van der Waals surface area contributed by atoms with Crippen molar-refractivity contribution >= 4 is 22.7 Å². The summed E-state index contributed by atoms with van der Waals surface area (Å²) < 4.78 is 2.41. The van der Waals surface area contributed by atoms with Crippen LogP contribution in [0.4, 0.5) is 0 Å². The third-order valence-corrected chi connectivity index (χ3v) is 5.40. The van der Waals surface area contributed by atoms with Gasteiger partial charge in [-0.1, -0.05) is 24.3 Å². The van der Waals surface area contributed by atoms with E-state index < -0.39 is 11.4 Å². The number of nitrogens with zero attached hydrogens (tertiary/aromatic N) is 2. The van der Waals surface area contributed by atoms with E-state index in [1.54, 1.807) is 46.9 Å². The number of benzene rings is 1. The Labute approximate surface area is 138 Å². The van der Waals surface area contributed by atoms with E-state index in [0.717, 1.165) is 14.3 Å². The molecule has 0 fully saturated rings. The molecule has 0 aliphatic heterocycles. The molecule has 0 aliphatic rings. The van der Waals surface area contributed by atoms with Crippen LogP contribution < -0.4 is 11.4 Å². The average Bonchev–Trinajstić information content (AvgIpc) is 3.28. The Bertz CT molecular complexity index is 1050. The van der Waals surface area contributed by atoms with Crippen molar-refractivity contribution in [1.29, 1.82) is 0 Å². The molecule has 0 radical (unpaired) electrons. The molecular weight excluding hydrogens is 330 g/mol. The van der Waals surface area contributed by atoms with Gasteiger partial charge >= 0.3 is 11.4 Å². The molecule has 5 nitrogen and oxygen atoms in total. The number of thiophene rings is 2. The highest BCUT2D eigenvalue weighted by Crippen LogP contribution is 2.31. The first-order valence-corrected chi connectivity index (χ1v) is 8.62. The van der Waals surface area contributed by atoms with Crippen molar-refractivity contribution in [3.05, 3.63) is 80.3 Å². The molecule has 7 heteroatoms. The van der Waals surface area contributed by atoms with Crippen molar-refractivity contribution in [2.45, 2.75) is 0 Å². The zero-order valence-corrected chi connectivity index (χ0v) is 13.4. The van der Waals surface area contributed by atoms with Crippen LogP contribution in [0.25, 0.3) is 21.1 Å². The van der Waals surface area contributed by atoms with Crippen LogP contribution in [0.5, 0.6) is 0 Å². The van der Waals surface area contributed by atoms with Crippen molar-refractivity contribution in [3.63, 3.8) is 0 Å². The second-order valence-electron chi connectivity index (χ2n) is 4.85. The minimum absolute atomic E-state index is 0.406. The molecule has 0 saturated carbocycles. The lowest BCUT2D eigenvalue weighted by atomic mass is 10.3. The molecule has 0 atom stereocenters. The maximum Gasteiger partial charge on any atom is 0.356 e. The zero-order valence-electron chi connectivity index (χ0n) is 11.8. The molecule has 1 N–H and O–H groups in total. The maximum atomic E-state index is 12.6. The second kappa shape index (κ2) is 5.53. The molecule has 23 heavy (non-hydrogen) atoms. The highest BCUT2D eigenvalue weighted by atomic mass is 32.1. The number of H-pyrrole nitrogens is 1. The van der Waals surface area contributed by atoms with Gasteiger partial charge in [0, 0.05) is 15.1 Å². The monoisotopic (exact) mass is 341 g/mol. The quantitative estimate of drug-likeness (QED) is 0.622. The van der Waals surface area contributed by atoms with Crippen LogP contribution >= 0.6 is 22.7 Å². The molecular formula is C16H11N3O2S2. The van der Waals surface area contributed by atoms with Gasteiger partial charge in [-0.2, -0.15) is 4.68 Å². The molecule has 3 aromatic heterocycles. The predicted molar refractivity (Wildman–Crippen MR) is 93.2 cm³/mol. The second-order valence-corrected chi connectivity index (χ2v) is 6.71. The van der Waals surface area contributed by atoms with Gasteiger partial charge in [0.1, 0.15) is 0 Å². The highest BCUT2D eigenvalue weighted by molar-refractivity contribution is 7.20. The Morgan fingerprint density at radius 2 is 1.70 bits per heavy atom. The van der Waals surface area contributed by atoms with Gasteiger partial charge in [-0.25, -0.2) is 19.3 Å². The van der Waals surface area contributed by atoms with Crippen molar-refractivity contribution in [2.24, 2.45) is 0 Å². The van der Waals surface area contributed by atoms with Crippen LogP contribution in [0, 0.1) is 0 Å². The summed E-state index contributed by atoms with van der Waals surface area (Å²) in [6, 6.07) is 14.8. The van der Waals surface area contributed by atoms with Gasteiger partial charge in [0.2, 0.25) is 0 Å². The SMILES string of the molecule is O=c1[nH]n(-c2csc(-c3cccs3)c2)c(=O)n1-c1ccccc1. The van der Waals surface area contributed by atoms with Gasteiger partial charge in [0.05, 0.1) is 11.4 Å². The normalized spacial score (nSPS) is 11.0. The molecule has 0 unspecified atom stereocenters. The Balaban J connectivity index is 1.83. The fourth-order valence-electron chi connectivity index (χ4n) is 2.35. The number of nitrogens with one attached hydrogen (secondary N) is 1. The fraction of sp³-hybridized carbons (Fsp3) is 0. The van der Waals surface area contributed by atoms with E-state index in [9.17, 15) is 9.59 Å². The Morgan fingerprint density at radius 1 is 0.870 bits per heavy atom.